The van der Waals surface area contributed by atoms with E-state index in [4.69, 9.17) is 10.5 Å². The van der Waals surface area contributed by atoms with Crippen LogP contribution in [0.4, 0.5) is 0 Å². The molecule has 0 aliphatic carbocycles. The van der Waals surface area contributed by atoms with Crippen molar-refractivity contribution in [1.29, 1.82) is 0 Å². The fraction of sp³-hybridized carbons (Fsp3) is 0.286. The number of imide groups is 1. The van der Waals surface area contributed by atoms with Gasteiger partial charge in [0.25, 0.3) is 11.8 Å². The molecule has 0 saturated heterocycles. The average Bonchev–Trinajstić information content (AvgIpc) is 2.82. The normalized spacial score (nSPS) is 14.4. The van der Waals surface area contributed by atoms with E-state index in [0.29, 0.717) is 0 Å². The third-order valence-corrected chi connectivity index (χ3v) is 3.48. The van der Waals surface area contributed by atoms with Crippen LogP contribution < -0.4 is 0 Å². The lowest BCUT2D eigenvalue weighted by atomic mass is 10.1. The molecule has 1 aliphatic heterocycles. The van der Waals surface area contributed by atoms with Gasteiger partial charge in [0, 0.05) is 0 Å². The van der Waals surface area contributed by atoms with Crippen molar-refractivity contribution in [3.05, 3.63) is 35.4 Å². The fourth-order valence-corrected chi connectivity index (χ4v) is 2.42. The first-order valence-corrected chi connectivity index (χ1v) is 6.65. The highest BCUT2D eigenvalue weighted by Gasteiger charge is 2.40. The summed E-state index contributed by atoms with van der Waals surface area (Å²) in [6, 6.07) is 5.10. The number of hydrogen-bond donors (Lipinski definition) is 2. The number of fused-ring (bicyclic) bond motifs is 1. The molecule has 1 unspecified atom stereocenters. The van der Waals surface area contributed by atoms with Gasteiger partial charge in [0.15, 0.2) is 0 Å². The molecule has 0 saturated carbocycles. The Morgan fingerprint density at radius 3 is 2.00 bits per heavy atom. The quantitative estimate of drug-likeness (QED) is 0.447. The molecule has 2 amide bonds. The number of hydrogen-bond acceptors (Lipinski definition) is 8. The summed E-state index contributed by atoms with van der Waals surface area (Å²) in [5.41, 5.74) is 0.370. The van der Waals surface area contributed by atoms with Crippen LogP contribution in [0, 0.1) is 0 Å². The Morgan fingerprint density at radius 1 is 1.00 bits per heavy atom. The van der Waals surface area contributed by atoms with E-state index in [2.05, 4.69) is 9.78 Å². The zero-order chi connectivity index (χ0) is 17.0. The van der Waals surface area contributed by atoms with Crippen molar-refractivity contribution in [2.24, 2.45) is 0 Å². The summed E-state index contributed by atoms with van der Waals surface area (Å²) in [6.45, 7) is 0. The molecular formula is C14H13NO8. The molecule has 1 aromatic rings. The van der Waals surface area contributed by atoms with Crippen LogP contribution in [-0.2, 0) is 19.4 Å². The minimum Gasteiger partial charge on any atom is -0.301 e. The van der Waals surface area contributed by atoms with Crippen LogP contribution in [0.5, 0.6) is 0 Å². The first kappa shape index (κ1) is 16.6. The van der Waals surface area contributed by atoms with E-state index in [0.717, 1.165) is 4.90 Å². The molecule has 9 heteroatoms. The molecule has 1 aliphatic rings. The maximum atomic E-state index is 12.4. The van der Waals surface area contributed by atoms with E-state index in [1.165, 1.54) is 12.1 Å². The van der Waals surface area contributed by atoms with Gasteiger partial charge >= 0.3 is 11.9 Å². The van der Waals surface area contributed by atoms with Gasteiger partial charge in [-0.3, -0.25) is 14.5 Å². The van der Waals surface area contributed by atoms with E-state index in [9.17, 15) is 19.2 Å². The molecule has 1 heterocycles. The molecular weight excluding hydrogens is 310 g/mol. The Labute approximate surface area is 129 Å². The van der Waals surface area contributed by atoms with Crippen LogP contribution >= 0.6 is 0 Å². The average molecular weight is 323 g/mol. The minimum atomic E-state index is -1.07. The van der Waals surface area contributed by atoms with Crippen LogP contribution in [0.25, 0.3) is 0 Å². The number of carbonyl (C=O) groups excluding carboxylic acids is 4. The highest BCUT2D eigenvalue weighted by molar-refractivity contribution is 6.21. The minimum absolute atomic E-state index is 0.139. The van der Waals surface area contributed by atoms with Gasteiger partial charge in [0.1, 0.15) is 0 Å². The third kappa shape index (κ3) is 3.35. The van der Waals surface area contributed by atoms with Crippen molar-refractivity contribution in [2.45, 2.75) is 25.3 Å². The Balaban J connectivity index is 2.25. The van der Waals surface area contributed by atoms with Crippen LogP contribution in [0.3, 0.4) is 0 Å². The molecule has 0 radical (unpaired) electrons. The van der Waals surface area contributed by atoms with Crippen LogP contribution in [-0.4, -0.2) is 45.2 Å². The van der Waals surface area contributed by atoms with Gasteiger partial charge < -0.3 is 9.78 Å². The molecule has 2 rings (SSSR count). The van der Waals surface area contributed by atoms with Gasteiger partial charge in [-0.1, -0.05) is 12.1 Å². The van der Waals surface area contributed by atoms with E-state index in [-0.39, 0.29) is 24.0 Å². The van der Waals surface area contributed by atoms with E-state index in [1.54, 1.807) is 12.1 Å². The largest absolute Gasteiger partial charge is 0.344 e. The topological polar surface area (TPSA) is 130 Å². The van der Waals surface area contributed by atoms with Crippen LogP contribution in [0.15, 0.2) is 24.3 Å². The first-order valence-electron chi connectivity index (χ1n) is 6.65. The zero-order valence-corrected chi connectivity index (χ0v) is 11.8. The lowest BCUT2D eigenvalue weighted by Gasteiger charge is -2.24. The third-order valence-electron chi connectivity index (χ3n) is 3.48. The predicted octanol–water partition coefficient (Wildman–Crippen LogP) is 0.854. The molecule has 23 heavy (non-hydrogen) atoms. The summed E-state index contributed by atoms with van der Waals surface area (Å²) >= 11 is 0. The second-order valence-corrected chi connectivity index (χ2v) is 4.85. The van der Waals surface area contributed by atoms with Gasteiger partial charge in [-0.25, -0.2) is 9.59 Å². The maximum absolute atomic E-state index is 12.4. The molecule has 1 atom stereocenters. The summed E-state index contributed by atoms with van der Waals surface area (Å²) in [5, 5.41) is 16.6. The summed E-state index contributed by atoms with van der Waals surface area (Å²) in [7, 11) is 0. The number of nitrogens with zero attached hydrogens (tertiary/aromatic N) is 1. The molecule has 0 aromatic heterocycles. The fourth-order valence-electron chi connectivity index (χ4n) is 2.42. The first-order chi connectivity index (χ1) is 11.0. The van der Waals surface area contributed by atoms with Gasteiger partial charge in [0.05, 0.1) is 30.0 Å². The summed E-state index contributed by atoms with van der Waals surface area (Å²) in [6.07, 6.45) is -0.978. The van der Waals surface area contributed by atoms with Crippen molar-refractivity contribution >= 4 is 23.8 Å². The molecule has 0 spiro atoms. The van der Waals surface area contributed by atoms with Gasteiger partial charge in [-0.15, -0.1) is 0 Å². The van der Waals surface area contributed by atoms with Crippen LogP contribution in [0.1, 0.15) is 40.0 Å². The number of benzene rings is 1. The molecule has 9 nitrogen and oxygen atoms in total. The molecule has 0 fully saturated rings. The van der Waals surface area contributed by atoms with Crippen molar-refractivity contribution in [3.63, 3.8) is 0 Å². The Bertz CT molecular complexity index is 621. The van der Waals surface area contributed by atoms with Crippen molar-refractivity contribution < 1.29 is 39.5 Å². The lowest BCUT2D eigenvalue weighted by Crippen LogP contribution is -2.41. The lowest BCUT2D eigenvalue weighted by molar-refractivity contribution is -0.236. The smallest absolute Gasteiger partial charge is 0.301 e. The summed E-state index contributed by atoms with van der Waals surface area (Å²) in [4.78, 5) is 55.0. The van der Waals surface area contributed by atoms with Gasteiger partial charge in [-0.2, -0.15) is 10.5 Å². The molecule has 0 bridgehead atoms. The van der Waals surface area contributed by atoms with Crippen molar-refractivity contribution in [2.75, 3.05) is 0 Å². The number of rotatable bonds is 6. The number of amides is 2. The van der Waals surface area contributed by atoms with Crippen molar-refractivity contribution in [1.82, 2.24) is 4.90 Å². The number of carbonyl (C=O) groups is 4. The second-order valence-electron chi connectivity index (χ2n) is 4.85. The van der Waals surface area contributed by atoms with Crippen LogP contribution in [0.2, 0.25) is 0 Å². The predicted molar refractivity (Wildman–Crippen MR) is 72.0 cm³/mol. The molecule has 1 aromatic carbocycles. The molecule has 2 N–H and O–H groups in total. The van der Waals surface area contributed by atoms with Crippen molar-refractivity contribution in [3.8, 4) is 0 Å². The monoisotopic (exact) mass is 323 g/mol. The summed E-state index contributed by atoms with van der Waals surface area (Å²) in [5.74, 6) is -3.27. The SMILES string of the molecule is O=C(CCC(CC(=O)OO)N1C(=O)c2ccccc2C1=O)OO. The van der Waals surface area contributed by atoms with E-state index < -0.39 is 36.2 Å². The highest BCUT2D eigenvalue weighted by Crippen LogP contribution is 2.27. The Hall–Kier alpha value is -2.78. The van der Waals surface area contributed by atoms with E-state index >= 15 is 0 Å². The van der Waals surface area contributed by atoms with E-state index in [1.807, 2.05) is 0 Å². The zero-order valence-electron chi connectivity index (χ0n) is 11.8. The summed E-state index contributed by atoms with van der Waals surface area (Å²) < 4.78 is 0. The van der Waals surface area contributed by atoms with Gasteiger partial charge in [-0.05, 0) is 18.6 Å². The second kappa shape index (κ2) is 6.99. The van der Waals surface area contributed by atoms with Gasteiger partial charge in [0.2, 0.25) is 0 Å². The maximum Gasteiger partial charge on any atom is 0.344 e. The Morgan fingerprint density at radius 2 is 1.52 bits per heavy atom. The Kier molecular flexibility index (Phi) is 5.04. The standard InChI is InChI=1S/C14H13NO8/c16-11(22-20)6-5-8(7-12(17)23-21)15-13(18)9-3-1-2-4-10(9)14(15)19/h1-4,8,20-21H,5-7H2. The molecule has 122 valence electrons. The highest BCUT2D eigenvalue weighted by atomic mass is 17.1.